The Kier molecular flexibility index (Phi) is 9.97. The van der Waals surface area contributed by atoms with Crippen molar-refractivity contribution in [3.8, 4) is 17.2 Å². The van der Waals surface area contributed by atoms with Gasteiger partial charge in [0.1, 0.15) is 29.1 Å². The van der Waals surface area contributed by atoms with E-state index in [1.165, 1.54) is 31.3 Å². The highest BCUT2D eigenvalue weighted by Gasteiger charge is 2.29. The fraction of sp³-hybridized carbons (Fsp3) is 0.440. The van der Waals surface area contributed by atoms with Crippen LogP contribution in [-0.4, -0.2) is 49.6 Å². The second-order valence-electron chi connectivity index (χ2n) is 7.73. The van der Waals surface area contributed by atoms with Crippen LogP contribution in [0.3, 0.4) is 0 Å². The van der Waals surface area contributed by atoms with Gasteiger partial charge >= 0.3 is 0 Å². The van der Waals surface area contributed by atoms with Crippen LogP contribution in [0.1, 0.15) is 39.2 Å². The minimum atomic E-state index is -0.694. The second-order valence-corrected chi connectivity index (χ2v) is 7.73. The van der Waals surface area contributed by atoms with Gasteiger partial charge in [-0.2, -0.15) is 0 Å². The van der Waals surface area contributed by atoms with E-state index in [1.54, 1.807) is 30.3 Å². The van der Waals surface area contributed by atoms with Crippen LogP contribution in [-0.2, 0) is 16.1 Å². The van der Waals surface area contributed by atoms with Gasteiger partial charge in [-0.05, 0) is 37.5 Å². The van der Waals surface area contributed by atoms with E-state index in [1.807, 2.05) is 20.8 Å². The van der Waals surface area contributed by atoms with Crippen LogP contribution in [0, 0.1) is 5.82 Å². The SMILES string of the molecule is CCC(C)NC(=O)C(CC)N(Cc1ccc(F)cc1)C(=O)COc1cc(OC)cc(OC)c1. The van der Waals surface area contributed by atoms with Gasteiger partial charge in [-0.15, -0.1) is 0 Å². The molecule has 0 fully saturated rings. The number of nitrogens with one attached hydrogen (secondary N) is 1. The van der Waals surface area contributed by atoms with Crippen molar-refractivity contribution < 1.29 is 28.2 Å². The van der Waals surface area contributed by atoms with E-state index in [4.69, 9.17) is 14.2 Å². The van der Waals surface area contributed by atoms with Crippen molar-refractivity contribution in [1.82, 2.24) is 10.2 Å². The number of hydrogen-bond donors (Lipinski definition) is 1. The van der Waals surface area contributed by atoms with E-state index in [0.717, 1.165) is 6.42 Å². The average Bonchev–Trinajstić information content (AvgIpc) is 2.83. The largest absolute Gasteiger partial charge is 0.496 e. The van der Waals surface area contributed by atoms with Gasteiger partial charge in [0.2, 0.25) is 5.91 Å². The monoisotopic (exact) mass is 460 g/mol. The van der Waals surface area contributed by atoms with E-state index in [0.29, 0.717) is 29.2 Å². The Morgan fingerprint density at radius 2 is 1.55 bits per heavy atom. The first-order chi connectivity index (χ1) is 15.8. The highest BCUT2D eigenvalue weighted by atomic mass is 19.1. The van der Waals surface area contributed by atoms with Crippen LogP contribution in [0.15, 0.2) is 42.5 Å². The van der Waals surface area contributed by atoms with Gasteiger partial charge in [0.15, 0.2) is 6.61 Å². The van der Waals surface area contributed by atoms with Crippen molar-refractivity contribution in [3.63, 3.8) is 0 Å². The maximum absolute atomic E-state index is 13.4. The molecule has 0 aliphatic rings. The number of nitrogens with zero attached hydrogens (tertiary/aromatic N) is 1. The van der Waals surface area contributed by atoms with Gasteiger partial charge in [0.25, 0.3) is 5.91 Å². The lowest BCUT2D eigenvalue weighted by Gasteiger charge is -2.31. The van der Waals surface area contributed by atoms with Gasteiger partial charge in [0, 0.05) is 30.8 Å². The standard InChI is InChI=1S/C25H33FN2O5/c1-6-17(3)27-25(30)23(7-2)28(15-18-8-10-19(26)11-9-18)24(29)16-33-22-13-20(31-4)12-21(14-22)32-5/h8-14,17,23H,6-7,15-16H2,1-5H3,(H,27,30). The van der Waals surface area contributed by atoms with Crippen molar-refractivity contribution in [2.75, 3.05) is 20.8 Å². The van der Waals surface area contributed by atoms with Crippen molar-refractivity contribution in [1.29, 1.82) is 0 Å². The van der Waals surface area contributed by atoms with E-state index in [2.05, 4.69) is 5.32 Å². The molecule has 0 radical (unpaired) electrons. The summed E-state index contributed by atoms with van der Waals surface area (Å²) in [5.41, 5.74) is 0.711. The molecule has 0 saturated heterocycles. The summed E-state index contributed by atoms with van der Waals surface area (Å²) in [4.78, 5) is 27.7. The fourth-order valence-corrected chi connectivity index (χ4v) is 3.24. The highest BCUT2D eigenvalue weighted by Crippen LogP contribution is 2.27. The Morgan fingerprint density at radius 1 is 0.970 bits per heavy atom. The maximum Gasteiger partial charge on any atom is 0.261 e. The van der Waals surface area contributed by atoms with E-state index < -0.39 is 6.04 Å². The molecular weight excluding hydrogens is 427 g/mol. The predicted molar refractivity (Wildman–Crippen MR) is 124 cm³/mol. The first-order valence-electron chi connectivity index (χ1n) is 11.0. The molecular formula is C25H33FN2O5. The zero-order chi connectivity index (χ0) is 24.4. The van der Waals surface area contributed by atoms with Crippen LogP contribution in [0.4, 0.5) is 4.39 Å². The third-order valence-corrected chi connectivity index (χ3v) is 5.34. The normalized spacial score (nSPS) is 12.4. The molecule has 2 unspecified atom stereocenters. The smallest absolute Gasteiger partial charge is 0.261 e. The number of benzene rings is 2. The topological polar surface area (TPSA) is 77.1 Å². The number of ether oxygens (including phenoxy) is 3. The number of carbonyl (C=O) groups excluding carboxylic acids is 2. The summed E-state index contributed by atoms with van der Waals surface area (Å²) in [6.45, 7) is 5.60. The number of hydrogen-bond acceptors (Lipinski definition) is 5. The maximum atomic E-state index is 13.4. The fourth-order valence-electron chi connectivity index (χ4n) is 3.24. The van der Waals surface area contributed by atoms with E-state index >= 15 is 0 Å². The summed E-state index contributed by atoms with van der Waals surface area (Å²) in [7, 11) is 3.05. The molecule has 2 amide bonds. The molecule has 0 heterocycles. The lowest BCUT2D eigenvalue weighted by molar-refractivity contribution is -0.143. The lowest BCUT2D eigenvalue weighted by atomic mass is 10.1. The number of carbonyl (C=O) groups is 2. The highest BCUT2D eigenvalue weighted by molar-refractivity contribution is 5.88. The summed E-state index contributed by atoms with van der Waals surface area (Å²) in [6, 6.07) is 10.1. The molecule has 2 atom stereocenters. The Morgan fingerprint density at radius 3 is 2.06 bits per heavy atom. The van der Waals surface area contributed by atoms with Crippen molar-refractivity contribution in [2.45, 2.75) is 52.2 Å². The Labute approximate surface area is 194 Å². The summed E-state index contributed by atoms with van der Waals surface area (Å²) in [6.07, 6.45) is 1.19. The summed E-state index contributed by atoms with van der Waals surface area (Å²) < 4.78 is 29.6. The van der Waals surface area contributed by atoms with Gasteiger partial charge in [-0.1, -0.05) is 26.0 Å². The number of methoxy groups -OCH3 is 2. The molecule has 7 nitrogen and oxygen atoms in total. The molecule has 33 heavy (non-hydrogen) atoms. The second kappa shape index (κ2) is 12.7. The molecule has 1 N–H and O–H groups in total. The van der Waals surface area contributed by atoms with Gasteiger partial charge in [-0.3, -0.25) is 9.59 Å². The molecule has 2 aromatic rings. The first-order valence-corrected chi connectivity index (χ1v) is 11.0. The zero-order valence-corrected chi connectivity index (χ0v) is 19.9. The first kappa shape index (κ1) is 26.0. The molecule has 2 aromatic carbocycles. The molecule has 0 aromatic heterocycles. The van der Waals surface area contributed by atoms with Crippen LogP contribution in [0.25, 0.3) is 0 Å². The van der Waals surface area contributed by atoms with Crippen molar-refractivity contribution >= 4 is 11.8 Å². The summed E-state index contributed by atoms with van der Waals surface area (Å²) in [5, 5.41) is 2.95. The third kappa shape index (κ3) is 7.66. The molecule has 8 heteroatoms. The molecule has 0 spiro atoms. The minimum Gasteiger partial charge on any atom is -0.496 e. The van der Waals surface area contributed by atoms with Crippen LogP contribution < -0.4 is 19.5 Å². The van der Waals surface area contributed by atoms with E-state index in [-0.39, 0.29) is 36.8 Å². The number of rotatable bonds is 12. The minimum absolute atomic E-state index is 0.0187. The Balaban J connectivity index is 2.24. The van der Waals surface area contributed by atoms with Gasteiger partial charge in [-0.25, -0.2) is 4.39 Å². The third-order valence-electron chi connectivity index (χ3n) is 5.34. The average molecular weight is 461 g/mol. The van der Waals surface area contributed by atoms with Gasteiger partial charge in [0.05, 0.1) is 14.2 Å². The summed E-state index contributed by atoms with van der Waals surface area (Å²) >= 11 is 0. The predicted octanol–water partition coefficient (Wildman–Crippen LogP) is 3.94. The van der Waals surface area contributed by atoms with Gasteiger partial charge < -0.3 is 24.4 Å². The zero-order valence-electron chi connectivity index (χ0n) is 19.9. The van der Waals surface area contributed by atoms with Crippen LogP contribution in [0.2, 0.25) is 0 Å². The quantitative estimate of drug-likeness (QED) is 0.519. The molecule has 0 saturated carbocycles. The molecule has 2 rings (SSSR count). The van der Waals surface area contributed by atoms with Crippen LogP contribution >= 0.6 is 0 Å². The molecule has 180 valence electrons. The van der Waals surface area contributed by atoms with Crippen LogP contribution in [0.5, 0.6) is 17.2 Å². The Hall–Kier alpha value is -3.29. The lowest BCUT2D eigenvalue weighted by Crippen LogP contribution is -2.51. The molecule has 0 aliphatic carbocycles. The number of amides is 2. The summed E-state index contributed by atoms with van der Waals surface area (Å²) in [5.74, 6) is 0.489. The Bertz CT molecular complexity index is 897. The molecule has 0 aliphatic heterocycles. The van der Waals surface area contributed by atoms with Crippen molar-refractivity contribution in [2.24, 2.45) is 0 Å². The van der Waals surface area contributed by atoms with E-state index in [9.17, 15) is 14.0 Å². The number of halogens is 1. The molecule has 0 bridgehead atoms. The van der Waals surface area contributed by atoms with Crippen molar-refractivity contribution in [3.05, 3.63) is 53.8 Å².